The van der Waals surface area contributed by atoms with Crippen molar-refractivity contribution >= 4 is 0 Å². The topological polar surface area (TPSA) is 27.7 Å². The Kier molecular flexibility index (Phi) is 8.87. The number of alkyl halides is 12. The van der Waals surface area contributed by atoms with Crippen LogP contribution in [0.1, 0.15) is 6.92 Å². The fraction of sp³-hybridized carbons (Fsp3) is 1.00. The van der Waals surface area contributed by atoms with Gasteiger partial charge < -0.3 is 4.74 Å². The number of halogens is 12. The first-order valence-electron chi connectivity index (χ1n) is 5.28. The molecule has 0 radical (unpaired) electrons. The van der Waals surface area contributed by atoms with Crippen molar-refractivity contribution in [1.82, 2.24) is 0 Å². The van der Waals surface area contributed by atoms with E-state index in [9.17, 15) is 52.7 Å². The summed E-state index contributed by atoms with van der Waals surface area (Å²) in [6.45, 7) is -4.60. The molecule has 0 aromatic rings. The highest BCUT2D eigenvalue weighted by Crippen LogP contribution is 2.52. The molecule has 0 aromatic heterocycles. The van der Waals surface area contributed by atoms with Crippen LogP contribution in [0.3, 0.4) is 0 Å². The van der Waals surface area contributed by atoms with Gasteiger partial charge >= 0.3 is 30.3 Å². The zero-order chi connectivity index (χ0) is 20.0. The Labute approximate surface area is 126 Å². The molecule has 0 amide bonds. The summed E-state index contributed by atoms with van der Waals surface area (Å²) in [5.74, 6) is -4.46. The van der Waals surface area contributed by atoms with E-state index in [2.05, 4.69) is 14.2 Å². The fourth-order valence-electron chi connectivity index (χ4n) is 0.967. The minimum absolute atomic E-state index is 0.215. The van der Waals surface area contributed by atoms with E-state index in [1.165, 1.54) is 0 Å². The van der Waals surface area contributed by atoms with Crippen molar-refractivity contribution < 1.29 is 66.9 Å². The normalized spacial score (nSPS) is 31.2. The van der Waals surface area contributed by atoms with Gasteiger partial charge in [-0.05, 0) is 0 Å². The summed E-state index contributed by atoms with van der Waals surface area (Å²) in [6.07, 6.45) is -16.2. The Morgan fingerprint density at radius 2 is 1.21 bits per heavy atom. The zero-order valence-electron chi connectivity index (χ0n) is 11.7. The van der Waals surface area contributed by atoms with Crippen molar-refractivity contribution in [2.75, 3.05) is 20.7 Å². The van der Waals surface area contributed by atoms with Crippen LogP contribution in [-0.2, 0) is 14.2 Å². The lowest BCUT2D eigenvalue weighted by molar-refractivity contribution is -0.606. The van der Waals surface area contributed by atoms with Crippen molar-refractivity contribution in [1.29, 1.82) is 0 Å². The van der Waals surface area contributed by atoms with Crippen LogP contribution in [-0.4, -0.2) is 51.0 Å². The van der Waals surface area contributed by atoms with Gasteiger partial charge in [0.05, 0.1) is 7.18 Å². The molecule has 24 heavy (non-hydrogen) atoms. The van der Waals surface area contributed by atoms with Crippen molar-refractivity contribution in [3.05, 3.63) is 0 Å². The lowest BCUT2D eigenvalue weighted by Crippen LogP contribution is -2.67. The summed E-state index contributed by atoms with van der Waals surface area (Å²) >= 11 is 0. The average Bonchev–Trinajstić information content (AvgIpc) is 2.35. The molecule has 148 valence electrons. The number of hydrogen-bond donors (Lipinski definition) is 0. The third-order valence-corrected chi connectivity index (χ3v) is 1.87. The van der Waals surface area contributed by atoms with Crippen molar-refractivity contribution in [2.45, 2.75) is 37.2 Å². The maximum Gasteiger partial charge on any atom is 0.448 e. The van der Waals surface area contributed by atoms with E-state index in [0.717, 1.165) is 0 Å². The van der Waals surface area contributed by atoms with Gasteiger partial charge in [0.2, 0.25) is 6.93 Å². The average molecular weight is 394 g/mol. The van der Waals surface area contributed by atoms with Gasteiger partial charge in [-0.25, -0.2) is 17.9 Å². The summed E-state index contributed by atoms with van der Waals surface area (Å²) in [6, 6.07) is -5.16. The van der Waals surface area contributed by atoms with Crippen molar-refractivity contribution in [3.8, 4) is 0 Å². The van der Waals surface area contributed by atoms with Gasteiger partial charge in [0.25, 0.3) is 0 Å². The smallest absolute Gasteiger partial charge is 0.307 e. The molecule has 2 unspecified atom stereocenters. The molecule has 0 saturated carbocycles. The first-order valence-corrected chi connectivity index (χ1v) is 5.28. The number of rotatable bonds is 2. The number of hydrogen-bond acceptors (Lipinski definition) is 3. The van der Waals surface area contributed by atoms with Crippen molar-refractivity contribution in [2.24, 2.45) is 0 Å². The lowest BCUT2D eigenvalue weighted by Gasteiger charge is -2.44. The minimum Gasteiger partial charge on any atom is -0.307 e. The molecule has 0 aliphatic carbocycles. The molecular formula is C9H10F12O3. The summed E-state index contributed by atoms with van der Waals surface area (Å²) < 4.78 is 150. The quantitative estimate of drug-likeness (QED) is 0.642. The Bertz CT molecular complexity index is 371. The Morgan fingerprint density at radius 3 is 1.54 bits per heavy atom. The SMILES string of the molecule is CC1(F)OC(F)(OCC(F)(F)F)C(F)(F)OC1(F)F.CF.FCF. The van der Waals surface area contributed by atoms with Gasteiger partial charge in [0.1, 0.15) is 6.61 Å². The zero-order valence-corrected chi connectivity index (χ0v) is 11.7. The van der Waals surface area contributed by atoms with Gasteiger partial charge in [0, 0.05) is 6.92 Å². The highest BCUT2D eigenvalue weighted by Gasteiger charge is 2.77. The van der Waals surface area contributed by atoms with E-state index in [-0.39, 0.29) is 6.92 Å². The van der Waals surface area contributed by atoms with Crippen LogP contribution in [0.15, 0.2) is 0 Å². The summed E-state index contributed by atoms with van der Waals surface area (Å²) in [7, 11) is 0.500. The summed E-state index contributed by atoms with van der Waals surface area (Å²) in [5, 5.41) is 0. The van der Waals surface area contributed by atoms with Crippen LogP contribution >= 0.6 is 0 Å². The Hall–Kier alpha value is -0.960. The molecule has 1 saturated heterocycles. The van der Waals surface area contributed by atoms with Crippen LogP contribution in [0.5, 0.6) is 0 Å². The Morgan fingerprint density at radius 1 is 0.833 bits per heavy atom. The standard InChI is InChI=1S/C7H5F9O3.CH2F2.CH3F/c1-3(8)5(12,13)19-6(14,15)7(16,18-3)17-2-4(9,10)11;2-1-3;1-2/h2H2,1H3;1H2;1H3. The van der Waals surface area contributed by atoms with E-state index < -0.39 is 43.8 Å². The molecule has 1 heterocycles. The highest BCUT2D eigenvalue weighted by atomic mass is 19.4. The second-order valence-electron chi connectivity index (χ2n) is 3.70. The van der Waals surface area contributed by atoms with Crippen molar-refractivity contribution in [3.63, 3.8) is 0 Å². The predicted molar refractivity (Wildman–Crippen MR) is 51.5 cm³/mol. The first kappa shape index (κ1) is 25.3. The lowest BCUT2D eigenvalue weighted by atomic mass is 10.3. The molecule has 1 aliphatic rings. The largest absolute Gasteiger partial charge is 0.448 e. The van der Waals surface area contributed by atoms with Crippen LogP contribution in [0.4, 0.5) is 52.7 Å². The highest BCUT2D eigenvalue weighted by molar-refractivity contribution is 4.86. The van der Waals surface area contributed by atoms with Gasteiger partial charge in [0.15, 0.2) is 0 Å². The van der Waals surface area contributed by atoms with Gasteiger partial charge in [-0.3, -0.25) is 9.13 Å². The maximum absolute atomic E-state index is 13.3. The molecule has 1 aliphatic heterocycles. The Balaban J connectivity index is 0. The molecule has 1 fully saturated rings. The fourth-order valence-corrected chi connectivity index (χ4v) is 0.967. The maximum atomic E-state index is 13.3. The third kappa shape index (κ3) is 6.51. The van der Waals surface area contributed by atoms with E-state index in [4.69, 9.17) is 0 Å². The molecular weight excluding hydrogens is 384 g/mol. The minimum atomic E-state index is -5.66. The summed E-state index contributed by atoms with van der Waals surface area (Å²) in [5.41, 5.74) is 0. The predicted octanol–water partition coefficient (Wildman–Crippen LogP) is 4.58. The molecule has 1 rings (SSSR count). The molecule has 15 heteroatoms. The molecule has 0 N–H and O–H groups in total. The van der Waals surface area contributed by atoms with E-state index in [0.29, 0.717) is 7.18 Å². The monoisotopic (exact) mass is 394 g/mol. The van der Waals surface area contributed by atoms with Gasteiger partial charge in [-0.1, -0.05) is 0 Å². The molecule has 0 bridgehead atoms. The van der Waals surface area contributed by atoms with Gasteiger partial charge in [-0.15, -0.1) is 0 Å². The van der Waals surface area contributed by atoms with Crippen LogP contribution in [0.25, 0.3) is 0 Å². The third-order valence-electron chi connectivity index (χ3n) is 1.87. The summed E-state index contributed by atoms with van der Waals surface area (Å²) in [4.78, 5) is 0. The van der Waals surface area contributed by atoms with Crippen LogP contribution in [0, 0.1) is 0 Å². The van der Waals surface area contributed by atoms with E-state index in [1.807, 2.05) is 0 Å². The van der Waals surface area contributed by atoms with Crippen LogP contribution in [0.2, 0.25) is 0 Å². The first-order chi connectivity index (χ1) is 10.5. The second-order valence-corrected chi connectivity index (χ2v) is 3.70. The molecule has 2 atom stereocenters. The molecule has 0 spiro atoms. The van der Waals surface area contributed by atoms with E-state index in [1.54, 1.807) is 0 Å². The number of ether oxygens (including phenoxy) is 3. The van der Waals surface area contributed by atoms with Gasteiger partial charge in [-0.2, -0.15) is 35.1 Å². The molecule has 0 aromatic carbocycles. The van der Waals surface area contributed by atoms with Crippen LogP contribution < -0.4 is 0 Å². The second kappa shape index (κ2) is 8.42. The molecule has 3 nitrogen and oxygen atoms in total. The van der Waals surface area contributed by atoms with E-state index >= 15 is 0 Å².